The summed E-state index contributed by atoms with van der Waals surface area (Å²) in [7, 11) is -3.36. The molecule has 0 unspecified atom stereocenters. The van der Waals surface area contributed by atoms with Crippen molar-refractivity contribution in [3.63, 3.8) is 0 Å². The van der Waals surface area contributed by atoms with E-state index in [9.17, 15) is 8.42 Å². The van der Waals surface area contributed by atoms with Crippen LogP contribution in [0.2, 0.25) is 0 Å². The normalized spacial score (nSPS) is 16.6. The lowest BCUT2D eigenvalue weighted by Crippen LogP contribution is -3.13. The van der Waals surface area contributed by atoms with Crippen LogP contribution in [0.3, 0.4) is 0 Å². The molecule has 1 N–H and O–H groups in total. The molecule has 1 aliphatic rings. The summed E-state index contributed by atoms with van der Waals surface area (Å²) in [5.74, 6) is 1.10. The SMILES string of the molecule is Cc1cccc(-c2nnc(C[NH+]3CCN(S(=O)(=O)c4cccs4)CC3)o2)c1. The topological polar surface area (TPSA) is 80.7 Å². The van der Waals surface area contributed by atoms with E-state index in [2.05, 4.69) is 10.2 Å². The van der Waals surface area contributed by atoms with Gasteiger partial charge in [-0.25, -0.2) is 8.42 Å². The van der Waals surface area contributed by atoms with Gasteiger partial charge in [-0.3, -0.25) is 0 Å². The lowest BCUT2D eigenvalue weighted by molar-refractivity contribution is -0.918. The predicted molar refractivity (Wildman–Crippen MR) is 102 cm³/mol. The fourth-order valence-corrected chi connectivity index (χ4v) is 5.78. The molecule has 3 heterocycles. The largest absolute Gasteiger partial charge is 0.415 e. The Bertz CT molecular complexity index is 1010. The molecule has 0 radical (unpaired) electrons. The van der Waals surface area contributed by atoms with Crippen LogP contribution in [0.15, 0.2) is 50.4 Å². The molecule has 3 aromatic rings. The monoisotopic (exact) mass is 405 g/mol. The third-order valence-corrected chi connectivity index (χ3v) is 7.92. The van der Waals surface area contributed by atoms with Gasteiger partial charge >= 0.3 is 0 Å². The summed E-state index contributed by atoms with van der Waals surface area (Å²) in [5, 5.41) is 10.1. The fourth-order valence-electron chi connectivity index (χ4n) is 3.19. The van der Waals surface area contributed by atoms with E-state index in [-0.39, 0.29) is 0 Å². The second kappa shape index (κ2) is 7.51. The number of benzene rings is 1. The summed E-state index contributed by atoms with van der Waals surface area (Å²) in [6.45, 7) is 5.04. The quantitative estimate of drug-likeness (QED) is 0.690. The Hall–Kier alpha value is -2.07. The van der Waals surface area contributed by atoms with Crippen molar-refractivity contribution in [2.75, 3.05) is 26.2 Å². The van der Waals surface area contributed by atoms with Crippen LogP contribution in [-0.4, -0.2) is 49.1 Å². The van der Waals surface area contributed by atoms with Crippen LogP contribution in [0, 0.1) is 6.92 Å². The highest BCUT2D eigenvalue weighted by atomic mass is 32.2. The molecule has 7 nitrogen and oxygen atoms in total. The maximum atomic E-state index is 12.6. The van der Waals surface area contributed by atoms with Crippen molar-refractivity contribution >= 4 is 21.4 Å². The number of aryl methyl sites for hydroxylation is 1. The first-order chi connectivity index (χ1) is 13.0. The molecule has 1 saturated heterocycles. The first kappa shape index (κ1) is 18.3. The maximum Gasteiger partial charge on any atom is 0.271 e. The van der Waals surface area contributed by atoms with Gasteiger partial charge < -0.3 is 9.32 Å². The molecule has 0 atom stereocenters. The first-order valence-electron chi connectivity index (χ1n) is 8.79. The number of thiophene rings is 1. The number of piperazine rings is 1. The molecule has 1 aliphatic heterocycles. The average molecular weight is 406 g/mol. The minimum atomic E-state index is -3.36. The number of quaternary nitrogens is 1. The average Bonchev–Trinajstić information content (AvgIpc) is 3.35. The Morgan fingerprint density at radius 2 is 2.00 bits per heavy atom. The minimum absolute atomic E-state index is 0.408. The molecule has 0 bridgehead atoms. The second-order valence-corrected chi connectivity index (χ2v) is 9.75. The van der Waals surface area contributed by atoms with Crippen LogP contribution >= 0.6 is 11.3 Å². The van der Waals surface area contributed by atoms with E-state index in [1.54, 1.807) is 21.8 Å². The zero-order chi connectivity index (χ0) is 18.9. The summed E-state index contributed by atoms with van der Waals surface area (Å²) < 4.78 is 33.0. The number of hydrogen-bond acceptors (Lipinski definition) is 6. The van der Waals surface area contributed by atoms with Crippen molar-refractivity contribution in [1.82, 2.24) is 14.5 Å². The van der Waals surface area contributed by atoms with E-state index in [0.717, 1.165) is 11.1 Å². The Balaban J connectivity index is 1.37. The maximum absolute atomic E-state index is 12.6. The van der Waals surface area contributed by atoms with Crippen molar-refractivity contribution in [2.45, 2.75) is 17.7 Å². The molecule has 1 aromatic carbocycles. The van der Waals surface area contributed by atoms with Crippen molar-refractivity contribution in [3.05, 3.63) is 53.2 Å². The van der Waals surface area contributed by atoms with Crippen LogP contribution in [0.5, 0.6) is 0 Å². The Labute approximate surface area is 162 Å². The predicted octanol–water partition coefficient (Wildman–Crippen LogP) is 1.20. The van der Waals surface area contributed by atoms with Crippen LogP contribution in [-0.2, 0) is 16.6 Å². The number of hydrogen-bond donors (Lipinski definition) is 1. The van der Waals surface area contributed by atoms with Crippen LogP contribution in [0.1, 0.15) is 11.5 Å². The van der Waals surface area contributed by atoms with Gasteiger partial charge in [0, 0.05) is 5.56 Å². The third-order valence-electron chi connectivity index (χ3n) is 4.65. The lowest BCUT2D eigenvalue weighted by Gasteiger charge is -2.30. The van der Waals surface area contributed by atoms with Gasteiger partial charge in [0.05, 0.1) is 26.2 Å². The first-order valence-corrected chi connectivity index (χ1v) is 11.1. The Morgan fingerprint density at radius 3 is 2.70 bits per heavy atom. The molecular weight excluding hydrogens is 384 g/mol. The molecule has 27 heavy (non-hydrogen) atoms. The van der Waals surface area contributed by atoms with Gasteiger partial charge in [0.15, 0.2) is 6.54 Å². The highest BCUT2D eigenvalue weighted by molar-refractivity contribution is 7.91. The van der Waals surface area contributed by atoms with Gasteiger partial charge in [0.2, 0.25) is 5.89 Å². The van der Waals surface area contributed by atoms with E-state index in [1.165, 1.54) is 16.2 Å². The molecular formula is C18H21N4O3S2+. The fraction of sp³-hybridized carbons (Fsp3) is 0.333. The van der Waals surface area contributed by atoms with Crippen molar-refractivity contribution in [2.24, 2.45) is 0 Å². The second-order valence-electron chi connectivity index (χ2n) is 6.63. The van der Waals surface area contributed by atoms with Crippen molar-refractivity contribution < 1.29 is 17.7 Å². The van der Waals surface area contributed by atoms with E-state index >= 15 is 0 Å². The molecule has 0 spiro atoms. The molecule has 4 rings (SSSR count). The Kier molecular flexibility index (Phi) is 5.09. The molecule has 0 saturated carbocycles. The van der Waals surface area contributed by atoms with Gasteiger partial charge in [0.1, 0.15) is 4.21 Å². The molecule has 142 valence electrons. The highest BCUT2D eigenvalue weighted by Gasteiger charge is 2.31. The number of nitrogens with one attached hydrogen (secondary N) is 1. The molecule has 0 amide bonds. The summed E-state index contributed by atoms with van der Waals surface area (Å²) in [6.07, 6.45) is 0. The lowest BCUT2D eigenvalue weighted by atomic mass is 10.1. The number of sulfonamides is 1. The van der Waals surface area contributed by atoms with Gasteiger partial charge in [-0.15, -0.1) is 21.5 Å². The van der Waals surface area contributed by atoms with Crippen LogP contribution in [0.25, 0.3) is 11.5 Å². The van der Waals surface area contributed by atoms with E-state index in [0.29, 0.717) is 48.7 Å². The van der Waals surface area contributed by atoms with Gasteiger partial charge in [-0.2, -0.15) is 4.31 Å². The number of rotatable bonds is 5. The summed E-state index contributed by atoms with van der Waals surface area (Å²) >= 11 is 1.26. The van der Waals surface area contributed by atoms with Gasteiger partial charge in [-0.1, -0.05) is 23.8 Å². The summed E-state index contributed by atoms with van der Waals surface area (Å²) in [6, 6.07) is 11.4. The van der Waals surface area contributed by atoms with Crippen LogP contribution < -0.4 is 4.90 Å². The number of nitrogens with zero attached hydrogens (tertiary/aromatic N) is 3. The van der Waals surface area contributed by atoms with Crippen LogP contribution in [0.4, 0.5) is 0 Å². The van der Waals surface area contributed by atoms with E-state index in [4.69, 9.17) is 4.42 Å². The minimum Gasteiger partial charge on any atom is -0.415 e. The molecule has 1 fully saturated rings. The van der Waals surface area contributed by atoms with E-state index < -0.39 is 10.0 Å². The van der Waals surface area contributed by atoms with Gasteiger partial charge in [-0.05, 0) is 30.5 Å². The molecule has 2 aromatic heterocycles. The molecule has 9 heteroatoms. The standard InChI is InChI=1S/C18H20N4O3S2/c1-14-4-2-5-15(12-14)18-20-19-16(25-18)13-21-7-9-22(10-8-21)27(23,24)17-6-3-11-26-17/h2-6,11-12H,7-10,13H2,1H3/p+1. The third kappa shape index (κ3) is 3.96. The van der Waals surface area contributed by atoms with Crippen molar-refractivity contribution in [3.8, 4) is 11.5 Å². The van der Waals surface area contributed by atoms with E-state index in [1.807, 2.05) is 31.2 Å². The van der Waals surface area contributed by atoms with Crippen molar-refractivity contribution in [1.29, 1.82) is 0 Å². The number of aromatic nitrogens is 2. The highest BCUT2D eigenvalue weighted by Crippen LogP contribution is 2.21. The zero-order valence-corrected chi connectivity index (χ0v) is 16.6. The smallest absolute Gasteiger partial charge is 0.271 e. The zero-order valence-electron chi connectivity index (χ0n) is 15.0. The Morgan fingerprint density at radius 1 is 1.19 bits per heavy atom. The molecule has 0 aliphatic carbocycles. The summed E-state index contributed by atoms with van der Waals surface area (Å²) in [4.78, 5) is 1.24. The summed E-state index contributed by atoms with van der Waals surface area (Å²) in [5.41, 5.74) is 2.05. The van der Waals surface area contributed by atoms with Gasteiger partial charge in [0.25, 0.3) is 15.9 Å².